The lowest BCUT2D eigenvalue weighted by Crippen LogP contribution is -2.47. The van der Waals surface area contributed by atoms with Gasteiger partial charge >= 0.3 is 0 Å². The molecule has 19 heavy (non-hydrogen) atoms. The molecule has 2 aliphatic rings. The smallest absolute Gasteiger partial charge is 0.0685 e. The highest BCUT2D eigenvalue weighted by Gasteiger charge is 2.40. The summed E-state index contributed by atoms with van der Waals surface area (Å²) in [4.78, 5) is 0. The first-order chi connectivity index (χ1) is 8.90. The van der Waals surface area contributed by atoms with Gasteiger partial charge < -0.3 is 10.5 Å². The predicted octanol–water partition coefficient (Wildman–Crippen LogP) is 3.97. The van der Waals surface area contributed by atoms with Gasteiger partial charge in [0.2, 0.25) is 0 Å². The zero-order valence-corrected chi connectivity index (χ0v) is 13.7. The lowest BCUT2D eigenvalue weighted by molar-refractivity contribution is -0.119. The van der Waals surface area contributed by atoms with Crippen LogP contribution in [0.5, 0.6) is 0 Å². The van der Waals surface area contributed by atoms with Crippen molar-refractivity contribution in [2.75, 3.05) is 12.4 Å². The summed E-state index contributed by atoms with van der Waals surface area (Å²) in [5, 5.41) is 0. The third kappa shape index (κ3) is 4.64. The average molecular weight is 285 g/mol. The van der Waals surface area contributed by atoms with Gasteiger partial charge in [-0.3, -0.25) is 0 Å². The Balaban J connectivity index is 1.86. The molecule has 3 heteroatoms. The SMILES string of the molecule is CC(C)(C)SCC(N)C1CCOC2(CCCCC2)C1. The maximum Gasteiger partial charge on any atom is 0.0685 e. The van der Waals surface area contributed by atoms with Crippen LogP contribution in [0.4, 0.5) is 0 Å². The Bertz CT molecular complexity index is 275. The second kappa shape index (κ2) is 6.36. The van der Waals surface area contributed by atoms with Crippen molar-refractivity contribution in [1.82, 2.24) is 0 Å². The van der Waals surface area contributed by atoms with Crippen LogP contribution >= 0.6 is 11.8 Å². The fourth-order valence-electron chi connectivity index (χ4n) is 3.46. The molecule has 1 aliphatic heterocycles. The second-order valence-electron chi connectivity index (χ2n) is 7.43. The van der Waals surface area contributed by atoms with Gasteiger partial charge in [-0.15, -0.1) is 0 Å². The van der Waals surface area contributed by atoms with E-state index < -0.39 is 0 Å². The number of thioether (sulfide) groups is 1. The number of nitrogens with two attached hydrogens (primary N) is 1. The topological polar surface area (TPSA) is 35.2 Å². The molecule has 0 bridgehead atoms. The maximum atomic E-state index is 6.47. The molecular formula is C16H31NOS. The van der Waals surface area contributed by atoms with Gasteiger partial charge in [0.05, 0.1) is 5.60 Å². The van der Waals surface area contributed by atoms with E-state index in [1.807, 2.05) is 11.8 Å². The minimum absolute atomic E-state index is 0.200. The Morgan fingerprint density at radius 3 is 2.58 bits per heavy atom. The molecule has 1 saturated carbocycles. The molecule has 2 nitrogen and oxygen atoms in total. The van der Waals surface area contributed by atoms with Crippen LogP contribution in [0.25, 0.3) is 0 Å². The fraction of sp³-hybridized carbons (Fsp3) is 1.00. The van der Waals surface area contributed by atoms with Gasteiger partial charge in [0.1, 0.15) is 0 Å². The van der Waals surface area contributed by atoms with E-state index in [0.717, 1.165) is 18.8 Å². The zero-order chi connectivity index (χ0) is 13.9. The predicted molar refractivity (Wildman–Crippen MR) is 84.7 cm³/mol. The van der Waals surface area contributed by atoms with E-state index in [1.165, 1.54) is 38.5 Å². The van der Waals surface area contributed by atoms with Crippen LogP contribution in [0.1, 0.15) is 65.7 Å². The van der Waals surface area contributed by atoms with E-state index in [-0.39, 0.29) is 5.60 Å². The third-order valence-corrected chi connectivity index (χ3v) is 6.03. The third-order valence-electron chi connectivity index (χ3n) is 4.61. The number of rotatable bonds is 3. The molecule has 0 aromatic carbocycles. The lowest BCUT2D eigenvalue weighted by atomic mass is 9.74. The molecule has 1 heterocycles. The normalized spacial score (nSPS) is 29.4. The Hall–Kier alpha value is 0.270. The Kier molecular flexibility index (Phi) is 5.24. The number of ether oxygens (including phenoxy) is 1. The molecule has 2 atom stereocenters. The van der Waals surface area contributed by atoms with Crippen LogP contribution in [0, 0.1) is 5.92 Å². The lowest BCUT2D eigenvalue weighted by Gasteiger charge is -2.45. The molecule has 0 aromatic rings. The summed E-state index contributed by atoms with van der Waals surface area (Å²) in [5.74, 6) is 1.76. The molecule has 1 saturated heterocycles. The fourth-order valence-corrected chi connectivity index (χ4v) is 4.42. The Labute approximate surface area is 123 Å². The van der Waals surface area contributed by atoms with E-state index in [4.69, 9.17) is 10.5 Å². The first kappa shape index (κ1) is 15.7. The maximum absolute atomic E-state index is 6.47. The van der Waals surface area contributed by atoms with Crippen LogP contribution in [0.2, 0.25) is 0 Å². The minimum Gasteiger partial charge on any atom is -0.375 e. The molecule has 2 N–H and O–H groups in total. The average Bonchev–Trinajstić information content (AvgIpc) is 2.36. The van der Waals surface area contributed by atoms with E-state index >= 15 is 0 Å². The van der Waals surface area contributed by atoms with Gasteiger partial charge in [0, 0.05) is 23.1 Å². The van der Waals surface area contributed by atoms with Gasteiger partial charge in [-0.2, -0.15) is 11.8 Å². The van der Waals surface area contributed by atoms with Crippen molar-refractivity contribution in [3.05, 3.63) is 0 Å². The monoisotopic (exact) mass is 285 g/mol. The highest BCUT2D eigenvalue weighted by molar-refractivity contribution is 8.00. The van der Waals surface area contributed by atoms with Crippen molar-refractivity contribution in [3.8, 4) is 0 Å². The van der Waals surface area contributed by atoms with E-state index in [0.29, 0.717) is 16.7 Å². The van der Waals surface area contributed by atoms with Crippen molar-refractivity contribution in [1.29, 1.82) is 0 Å². The summed E-state index contributed by atoms with van der Waals surface area (Å²) in [6.07, 6.45) is 8.98. The summed E-state index contributed by atoms with van der Waals surface area (Å²) < 4.78 is 6.49. The van der Waals surface area contributed by atoms with Crippen molar-refractivity contribution in [2.24, 2.45) is 11.7 Å². The molecule has 1 aliphatic carbocycles. The van der Waals surface area contributed by atoms with Gasteiger partial charge in [0.25, 0.3) is 0 Å². The summed E-state index contributed by atoms with van der Waals surface area (Å²) in [6.45, 7) is 7.75. The van der Waals surface area contributed by atoms with Crippen molar-refractivity contribution in [2.45, 2.75) is 82.1 Å². The van der Waals surface area contributed by atoms with E-state index in [2.05, 4.69) is 20.8 Å². The first-order valence-corrected chi connectivity index (χ1v) is 8.92. The van der Waals surface area contributed by atoms with Gasteiger partial charge in [-0.1, -0.05) is 40.0 Å². The summed E-state index contributed by atoms with van der Waals surface area (Å²) in [6, 6.07) is 0.340. The molecule has 2 unspecified atom stereocenters. The van der Waals surface area contributed by atoms with Gasteiger partial charge in [-0.05, 0) is 31.6 Å². The second-order valence-corrected chi connectivity index (χ2v) is 9.28. The van der Waals surface area contributed by atoms with E-state index in [9.17, 15) is 0 Å². The van der Waals surface area contributed by atoms with Crippen LogP contribution in [-0.4, -0.2) is 28.7 Å². The molecule has 0 amide bonds. The van der Waals surface area contributed by atoms with Crippen molar-refractivity contribution >= 4 is 11.8 Å². The first-order valence-electron chi connectivity index (χ1n) is 7.94. The largest absolute Gasteiger partial charge is 0.375 e. The summed E-state index contributed by atoms with van der Waals surface area (Å²) in [5.41, 5.74) is 6.67. The Morgan fingerprint density at radius 1 is 1.26 bits per heavy atom. The molecule has 2 rings (SSSR count). The minimum atomic E-state index is 0.200. The van der Waals surface area contributed by atoms with Crippen molar-refractivity contribution < 1.29 is 4.74 Å². The molecule has 0 aromatic heterocycles. The quantitative estimate of drug-likeness (QED) is 0.852. The van der Waals surface area contributed by atoms with Crippen LogP contribution in [0.3, 0.4) is 0 Å². The van der Waals surface area contributed by atoms with Gasteiger partial charge in [0.15, 0.2) is 0 Å². The van der Waals surface area contributed by atoms with Crippen LogP contribution in [0.15, 0.2) is 0 Å². The molecule has 2 fully saturated rings. The van der Waals surface area contributed by atoms with Crippen LogP contribution < -0.4 is 5.73 Å². The number of hydrogen-bond donors (Lipinski definition) is 1. The zero-order valence-electron chi connectivity index (χ0n) is 12.9. The molecule has 0 radical (unpaired) electrons. The molecular weight excluding hydrogens is 254 g/mol. The molecule has 1 spiro atoms. The molecule has 112 valence electrons. The number of hydrogen-bond acceptors (Lipinski definition) is 3. The summed E-state index contributed by atoms with van der Waals surface area (Å²) in [7, 11) is 0. The van der Waals surface area contributed by atoms with Gasteiger partial charge in [-0.25, -0.2) is 0 Å². The highest BCUT2D eigenvalue weighted by atomic mass is 32.2. The summed E-state index contributed by atoms with van der Waals surface area (Å²) >= 11 is 2.00. The van der Waals surface area contributed by atoms with Crippen molar-refractivity contribution in [3.63, 3.8) is 0 Å². The van der Waals surface area contributed by atoms with E-state index in [1.54, 1.807) is 0 Å². The standard InChI is InChI=1S/C16H31NOS/c1-15(2,3)19-12-14(17)13-7-10-18-16(11-13)8-5-4-6-9-16/h13-14H,4-12,17H2,1-3H3. The Morgan fingerprint density at radius 2 is 1.95 bits per heavy atom. The van der Waals surface area contributed by atoms with Crippen LogP contribution in [-0.2, 0) is 4.74 Å². The highest BCUT2D eigenvalue weighted by Crippen LogP contribution is 2.41.